The van der Waals surface area contributed by atoms with Gasteiger partial charge in [0.2, 0.25) is 11.2 Å². The summed E-state index contributed by atoms with van der Waals surface area (Å²) < 4.78 is 2.32. The van der Waals surface area contributed by atoms with E-state index < -0.39 is 5.54 Å². The van der Waals surface area contributed by atoms with Gasteiger partial charge in [0.1, 0.15) is 7.05 Å². The molecule has 4 aromatic carbocycles. The van der Waals surface area contributed by atoms with Crippen molar-refractivity contribution in [3.8, 4) is 11.3 Å². The minimum Gasteiger partial charge on any atom is -0.311 e. The van der Waals surface area contributed by atoms with Crippen LogP contribution in [0.15, 0.2) is 70.6 Å². The minimum absolute atomic E-state index is 0.175. The highest BCUT2D eigenvalue weighted by Crippen LogP contribution is 2.53. The molecule has 0 radical (unpaired) electrons. The first-order valence-electron chi connectivity index (χ1n) is 13.5. The fourth-order valence-corrected chi connectivity index (χ4v) is 7.58. The van der Waals surface area contributed by atoms with Gasteiger partial charge < -0.3 is 4.85 Å². The van der Waals surface area contributed by atoms with Crippen molar-refractivity contribution in [1.82, 2.24) is 0 Å². The number of rotatable bonds is 3. The third-order valence-electron chi connectivity index (χ3n) is 7.89. The molecule has 2 heterocycles. The molecule has 5 aromatic rings. The van der Waals surface area contributed by atoms with E-state index in [0.717, 1.165) is 12.8 Å². The summed E-state index contributed by atoms with van der Waals surface area (Å²) >= 11 is 1.96. The van der Waals surface area contributed by atoms with Crippen molar-refractivity contribution in [3.63, 3.8) is 0 Å². The van der Waals surface area contributed by atoms with Gasteiger partial charge in [0.15, 0.2) is 6.20 Å². The molecule has 2 nitrogen and oxygen atoms in total. The van der Waals surface area contributed by atoms with E-state index in [1.807, 2.05) is 25.6 Å². The largest absolute Gasteiger partial charge is 0.311 e. The summed E-state index contributed by atoms with van der Waals surface area (Å²) in [6.45, 7) is 21.0. The Morgan fingerprint density at radius 3 is 2.32 bits per heavy atom. The number of hydrogen-bond acceptors (Lipinski definition) is 1. The Labute approximate surface area is 230 Å². The molecule has 0 bridgehead atoms. The van der Waals surface area contributed by atoms with Gasteiger partial charge in [-0.05, 0) is 63.1 Å². The molecule has 6 rings (SSSR count). The summed E-state index contributed by atoms with van der Waals surface area (Å²) in [4.78, 5) is 6.59. The van der Waals surface area contributed by atoms with Crippen LogP contribution < -0.4 is 4.57 Å². The molecular weight excluding hydrogens is 480 g/mol. The van der Waals surface area contributed by atoms with Crippen LogP contribution in [-0.2, 0) is 19.9 Å². The molecule has 0 saturated carbocycles. The number of nitrogens with zero attached hydrogens (tertiary/aromatic N) is 2. The predicted octanol–water partition coefficient (Wildman–Crippen LogP) is 9.24. The van der Waals surface area contributed by atoms with Crippen LogP contribution in [0.25, 0.3) is 48.4 Å². The van der Waals surface area contributed by atoms with E-state index in [2.05, 4.69) is 105 Å². The zero-order valence-corrected chi connectivity index (χ0v) is 24.3. The van der Waals surface area contributed by atoms with Crippen LogP contribution in [0.2, 0.25) is 0 Å². The molecule has 0 fully saturated rings. The third-order valence-corrected chi connectivity index (χ3v) is 9.09. The van der Waals surface area contributed by atoms with Crippen molar-refractivity contribution in [2.24, 2.45) is 12.5 Å². The van der Waals surface area contributed by atoms with Crippen LogP contribution in [0, 0.1) is 18.9 Å². The van der Waals surface area contributed by atoms with E-state index in [9.17, 15) is 0 Å². The lowest BCUT2D eigenvalue weighted by Gasteiger charge is -2.28. The first kappa shape index (κ1) is 25.0. The van der Waals surface area contributed by atoms with Crippen molar-refractivity contribution < 1.29 is 4.57 Å². The lowest BCUT2D eigenvalue weighted by molar-refractivity contribution is -0.659. The second kappa shape index (κ2) is 8.58. The molecule has 0 atom stereocenters. The predicted molar refractivity (Wildman–Crippen MR) is 162 cm³/mol. The topological polar surface area (TPSA) is 8.24 Å². The fraction of sp³-hybridized carbons (Fsp3) is 0.314. The lowest BCUT2D eigenvalue weighted by atomic mass is 9.83. The number of fused-ring (bicyclic) bond motifs is 5. The van der Waals surface area contributed by atoms with Crippen molar-refractivity contribution in [2.45, 2.75) is 69.7 Å². The second-order valence-corrected chi connectivity index (χ2v) is 13.8. The van der Waals surface area contributed by atoms with E-state index >= 15 is 0 Å². The van der Waals surface area contributed by atoms with Crippen LogP contribution in [-0.4, -0.2) is 5.54 Å². The van der Waals surface area contributed by atoms with E-state index in [-0.39, 0.29) is 5.41 Å². The van der Waals surface area contributed by atoms with Gasteiger partial charge in [0, 0.05) is 35.1 Å². The van der Waals surface area contributed by atoms with Gasteiger partial charge in [-0.3, -0.25) is 0 Å². The third kappa shape index (κ3) is 3.98. The summed E-state index contributed by atoms with van der Waals surface area (Å²) in [6, 6.07) is 20.4. The fourth-order valence-electron chi connectivity index (χ4n) is 6.21. The van der Waals surface area contributed by atoms with Crippen LogP contribution in [0.4, 0.5) is 0 Å². The lowest BCUT2D eigenvalue weighted by Crippen LogP contribution is -2.32. The van der Waals surface area contributed by atoms with Crippen LogP contribution >= 0.6 is 11.8 Å². The van der Waals surface area contributed by atoms with Crippen molar-refractivity contribution in [1.29, 1.82) is 0 Å². The number of benzene rings is 4. The van der Waals surface area contributed by atoms with Crippen molar-refractivity contribution >= 4 is 44.1 Å². The van der Waals surface area contributed by atoms with Gasteiger partial charge in [0.05, 0.1) is 17.4 Å². The molecule has 0 spiro atoms. The molecule has 0 N–H and O–H groups in total. The number of pyridine rings is 1. The zero-order valence-electron chi connectivity index (χ0n) is 23.5. The summed E-state index contributed by atoms with van der Waals surface area (Å²) in [5.41, 5.74) is 6.56. The molecule has 3 heteroatoms. The van der Waals surface area contributed by atoms with Crippen LogP contribution in [0.1, 0.15) is 51.3 Å². The van der Waals surface area contributed by atoms with E-state index in [1.54, 1.807) is 0 Å². The van der Waals surface area contributed by atoms with Crippen molar-refractivity contribution in [3.05, 3.63) is 88.9 Å². The molecule has 0 aliphatic carbocycles. The summed E-state index contributed by atoms with van der Waals surface area (Å²) in [5, 5.41) is 7.95. The number of hydrogen-bond donors (Lipinski definition) is 0. The highest BCUT2D eigenvalue weighted by atomic mass is 32.2. The van der Waals surface area contributed by atoms with Gasteiger partial charge in [0.25, 0.3) is 0 Å². The maximum absolute atomic E-state index is 7.59. The SMILES string of the molecule is [C-]#[N+]C(C)(C)Cc1ccc2c(c1)cc1c3c([n+](C)ccc32)-c2c(c(CC(C)(C)C)c3ccccc3c2C)S1. The molecule has 38 heavy (non-hydrogen) atoms. The average molecular weight is 516 g/mol. The second-order valence-electron chi connectivity index (χ2n) is 12.8. The molecule has 0 amide bonds. The smallest absolute Gasteiger partial charge is 0.231 e. The van der Waals surface area contributed by atoms with Gasteiger partial charge in [-0.25, -0.2) is 11.1 Å². The normalized spacial score (nSPS) is 13.2. The Hall–Kier alpha value is -3.35. The Morgan fingerprint density at radius 2 is 1.61 bits per heavy atom. The summed E-state index contributed by atoms with van der Waals surface area (Å²) in [7, 11) is 2.19. The summed E-state index contributed by atoms with van der Waals surface area (Å²) in [6.07, 6.45) is 4.02. The molecule has 1 aliphatic heterocycles. The number of aryl methyl sites for hydroxylation is 2. The number of aromatic nitrogens is 1. The van der Waals surface area contributed by atoms with Gasteiger partial charge in [-0.15, -0.1) is 0 Å². The minimum atomic E-state index is -0.395. The van der Waals surface area contributed by atoms with Crippen molar-refractivity contribution in [2.75, 3.05) is 0 Å². The van der Waals surface area contributed by atoms with Gasteiger partial charge in [-0.1, -0.05) is 75.0 Å². The van der Waals surface area contributed by atoms with E-state index in [4.69, 9.17) is 6.57 Å². The maximum atomic E-state index is 7.59. The van der Waals surface area contributed by atoms with Gasteiger partial charge >= 0.3 is 0 Å². The first-order valence-corrected chi connectivity index (χ1v) is 14.3. The molecule has 1 aromatic heterocycles. The monoisotopic (exact) mass is 515 g/mol. The molecule has 0 unspecified atom stereocenters. The van der Waals surface area contributed by atoms with E-state index in [0.29, 0.717) is 0 Å². The Kier molecular flexibility index (Phi) is 5.64. The average Bonchev–Trinajstić information content (AvgIpc) is 2.86. The summed E-state index contributed by atoms with van der Waals surface area (Å²) in [5.74, 6) is 0. The zero-order chi connectivity index (χ0) is 27.0. The van der Waals surface area contributed by atoms with Gasteiger partial charge in [-0.2, -0.15) is 0 Å². The van der Waals surface area contributed by atoms with Crippen LogP contribution in [0.3, 0.4) is 0 Å². The Morgan fingerprint density at radius 1 is 0.868 bits per heavy atom. The molecule has 190 valence electrons. The highest BCUT2D eigenvalue weighted by molar-refractivity contribution is 8.00. The maximum Gasteiger partial charge on any atom is 0.231 e. The van der Waals surface area contributed by atoms with E-state index in [1.165, 1.54) is 70.1 Å². The van der Waals surface area contributed by atoms with Crippen LogP contribution in [0.5, 0.6) is 0 Å². The Bertz CT molecular complexity index is 1830. The molecular formula is C35H35N2S+. The highest BCUT2D eigenvalue weighted by Gasteiger charge is 2.33. The molecule has 1 aliphatic rings. The molecule has 0 saturated heterocycles. The quantitative estimate of drug-likeness (QED) is 0.130. The first-order chi connectivity index (χ1) is 18.0. The standard InChI is InChI=1S/C35H35N2S/c1-21-24-11-9-10-12-26(24)28(20-34(2,3)4)33-30(21)32-31-27(15-16-37(32)8)25-14-13-22(19-35(5,6)36-7)17-23(25)18-29(31)38-33/h9-18H,19-20H2,1-6,8H3/q+1. The Balaban J connectivity index is 1.69.